The summed E-state index contributed by atoms with van der Waals surface area (Å²) in [5, 5.41) is 52.5. The van der Waals surface area contributed by atoms with Crippen molar-refractivity contribution in [2.24, 2.45) is 5.92 Å². The summed E-state index contributed by atoms with van der Waals surface area (Å²) >= 11 is 0. The van der Waals surface area contributed by atoms with Crippen LogP contribution in [0.4, 0.5) is 0 Å². The van der Waals surface area contributed by atoms with E-state index in [9.17, 15) is 19.8 Å². The van der Waals surface area contributed by atoms with Crippen molar-refractivity contribution in [2.75, 3.05) is 39.4 Å². The number of β-amino-alcohol motifs (C(OH)–C–C–N with tert-alkyl or cyclic N) is 1. The minimum Gasteiger partial charge on any atom is -0.394 e. The number of aliphatic hydroxyl groups excluding tert-OH is 5. The summed E-state index contributed by atoms with van der Waals surface area (Å²) in [7, 11) is 0. The molecule has 278 valence electrons. The van der Waals surface area contributed by atoms with Gasteiger partial charge in [-0.3, -0.25) is 24.4 Å². The average Bonchev–Trinajstić information content (AvgIpc) is 3.42. The van der Waals surface area contributed by atoms with Crippen LogP contribution in [0.3, 0.4) is 0 Å². The van der Waals surface area contributed by atoms with Crippen molar-refractivity contribution in [1.29, 1.82) is 0 Å². The van der Waals surface area contributed by atoms with Crippen LogP contribution in [0.2, 0.25) is 0 Å². The molecule has 5 atom stereocenters. The molecule has 7 N–H and O–H groups in total. The van der Waals surface area contributed by atoms with Gasteiger partial charge in [-0.25, -0.2) is 0 Å². The Bertz CT molecular complexity index is 1500. The van der Waals surface area contributed by atoms with Gasteiger partial charge in [-0.15, -0.1) is 0 Å². The molecule has 51 heavy (non-hydrogen) atoms. The number of pyridine rings is 1. The van der Waals surface area contributed by atoms with Crippen LogP contribution in [0.5, 0.6) is 0 Å². The normalized spacial score (nSPS) is 20.5. The third-order valence-corrected chi connectivity index (χ3v) is 9.13. The molecule has 2 aromatic carbocycles. The van der Waals surface area contributed by atoms with E-state index in [1.165, 1.54) is 0 Å². The van der Waals surface area contributed by atoms with E-state index in [4.69, 9.17) is 15.3 Å². The molecule has 12 nitrogen and oxygen atoms in total. The molecule has 5 rings (SSSR count). The van der Waals surface area contributed by atoms with Crippen molar-refractivity contribution >= 4 is 11.8 Å². The fourth-order valence-electron chi connectivity index (χ4n) is 6.62. The summed E-state index contributed by atoms with van der Waals surface area (Å²) in [4.78, 5) is 35.9. The predicted octanol–water partition coefficient (Wildman–Crippen LogP) is 1.20. The number of carbonyl (C=O) groups excluding carboxylic acids is 2. The molecular formula is C39H55N5O7. The molecule has 3 aromatic rings. The Kier molecular flexibility index (Phi) is 15.1. The number of nitrogens with one attached hydrogen (secondary N) is 2. The number of nitrogens with zero attached hydrogens (tertiary/aromatic N) is 3. The molecule has 1 unspecified atom stereocenters. The third kappa shape index (κ3) is 12.5. The molecule has 1 aromatic heterocycles. The first-order valence-corrected chi connectivity index (χ1v) is 17.7. The molecule has 1 aliphatic heterocycles. The van der Waals surface area contributed by atoms with E-state index in [0.717, 1.165) is 28.8 Å². The Morgan fingerprint density at radius 3 is 2.25 bits per heavy atom. The zero-order chi connectivity index (χ0) is 37.0. The Morgan fingerprint density at radius 1 is 0.922 bits per heavy atom. The van der Waals surface area contributed by atoms with Crippen molar-refractivity contribution in [1.82, 2.24) is 25.4 Å². The largest absolute Gasteiger partial charge is 0.394 e. The number of piperazine rings is 1. The zero-order valence-electron chi connectivity index (χ0n) is 29.9. The summed E-state index contributed by atoms with van der Waals surface area (Å²) in [6, 6.07) is 20.6. The third-order valence-electron chi connectivity index (χ3n) is 9.13. The molecule has 1 aliphatic carbocycles. The van der Waals surface area contributed by atoms with E-state index in [0.29, 0.717) is 32.5 Å². The Balaban J connectivity index is 0.000000894. The predicted molar refractivity (Wildman–Crippen MR) is 194 cm³/mol. The van der Waals surface area contributed by atoms with E-state index in [1.54, 1.807) is 6.20 Å². The number of amides is 2. The maximum absolute atomic E-state index is 13.8. The van der Waals surface area contributed by atoms with Gasteiger partial charge in [0.1, 0.15) is 12.1 Å². The second kappa shape index (κ2) is 19.2. The van der Waals surface area contributed by atoms with Crippen molar-refractivity contribution in [3.63, 3.8) is 0 Å². The van der Waals surface area contributed by atoms with Gasteiger partial charge in [0.05, 0.1) is 31.5 Å². The van der Waals surface area contributed by atoms with Gasteiger partial charge in [0, 0.05) is 63.0 Å². The quantitative estimate of drug-likeness (QED) is 0.137. The van der Waals surface area contributed by atoms with Crippen LogP contribution in [0, 0.1) is 5.92 Å². The Morgan fingerprint density at radius 2 is 1.61 bits per heavy atom. The minimum atomic E-state index is -0.954. The maximum atomic E-state index is 13.8. The first-order valence-electron chi connectivity index (χ1n) is 17.7. The maximum Gasteiger partial charge on any atom is 0.239 e. The van der Waals surface area contributed by atoms with Crippen LogP contribution < -0.4 is 10.6 Å². The van der Waals surface area contributed by atoms with Gasteiger partial charge >= 0.3 is 0 Å². The number of hydrogen-bond acceptors (Lipinski definition) is 10. The number of aromatic nitrogens is 1. The van der Waals surface area contributed by atoms with Gasteiger partial charge in [-0.2, -0.15) is 0 Å². The molecule has 2 amide bonds. The molecule has 1 fully saturated rings. The van der Waals surface area contributed by atoms with Gasteiger partial charge in [-0.1, -0.05) is 60.7 Å². The van der Waals surface area contributed by atoms with Crippen LogP contribution >= 0.6 is 0 Å². The smallest absolute Gasteiger partial charge is 0.239 e. The van der Waals surface area contributed by atoms with Crippen LogP contribution in [-0.4, -0.2) is 121 Å². The lowest BCUT2D eigenvalue weighted by molar-refractivity contribution is -0.132. The zero-order valence-corrected chi connectivity index (χ0v) is 29.9. The van der Waals surface area contributed by atoms with Crippen LogP contribution in [-0.2, 0) is 29.0 Å². The minimum absolute atomic E-state index is 0.0712. The van der Waals surface area contributed by atoms with Crippen LogP contribution in [0.1, 0.15) is 55.5 Å². The van der Waals surface area contributed by atoms with Crippen LogP contribution in [0.25, 0.3) is 0 Å². The summed E-state index contributed by atoms with van der Waals surface area (Å²) in [5.74, 6) is -0.781. The monoisotopic (exact) mass is 705 g/mol. The molecule has 1 saturated heterocycles. The lowest BCUT2D eigenvalue weighted by atomic mass is 9.91. The SMILES string of the molecule is CC(C)(C)NC(=O)[C@@H]1CN(Cc2cccnc2)CCN1C[C@@H](O)C[C@@H](Cc1ccccc1)C(=O)NC1c2ccccc2C[C@H]1O.OCC(O)CO. The van der Waals surface area contributed by atoms with E-state index < -0.39 is 41.9 Å². The first-order chi connectivity index (χ1) is 24.4. The molecular weight excluding hydrogens is 650 g/mol. The highest BCUT2D eigenvalue weighted by Crippen LogP contribution is 2.32. The molecule has 2 heterocycles. The van der Waals surface area contributed by atoms with Gasteiger partial charge in [0.15, 0.2) is 0 Å². The fourth-order valence-corrected chi connectivity index (χ4v) is 6.62. The number of aliphatic hydroxyl groups is 5. The highest BCUT2D eigenvalue weighted by Gasteiger charge is 2.37. The molecule has 0 spiro atoms. The van der Waals surface area contributed by atoms with Gasteiger partial charge in [0.25, 0.3) is 0 Å². The van der Waals surface area contributed by atoms with Crippen molar-refractivity contribution in [3.05, 3.63) is 101 Å². The molecule has 2 aliphatic rings. The van der Waals surface area contributed by atoms with E-state index in [-0.39, 0.29) is 38.0 Å². The van der Waals surface area contributed by atoms with Gasteiger partial charge in [0.2, 0.25) is 11.8 Å². The molecule has 0 bridgehead atoms. The Labute approximate surface area is 301 Å². The standard InChI is InChI=1S/C36H47N5O4.C3H8O3/c1-36(2,3)39-35(45)31-24-40(22-26-12-9-15-37-21-26)16-17-41(31)23-29(42)19-28(18-25-10-5-4-6-11-25)34(44)38-33-30-14-8-7-13-27(30)20-32(33)43;4-1-3(6)2-5/h4-15,21,28-29,31-33,42-43H,16-20,22-24H2,1-3H3,(H,38,44)(H,39,45);3-6H,1-2H2/t28-,29+,31+,32-,33?;/m1./s1. The van der Waals surface area contributed by atoms with Crippen molar-refractivity contribution in [2.45, 2.75) is 82.5 Å². The lowest BCUT2D eigenvalue weighted by Gasteiger charge is -2.42. The highest BCUT2D eigenvalue weighted by molar-refractivity contribution is 5.83. The number of fused-ring (bicyclic) bond motifs is 1. The van der Waals surface area contributed by atoms with E-state index >= 15 is 0 Å². The van der Waals surface area contributed by atoms with Gasteiger partial charge in [-0.05, 0) is 61.9 Å². The molecule has 0 saturated carbocycles. The average molecular weight is 706 g/mol. The molecule has 12 heteroatoms. The number of benzene rings is 2. The first kappa shape index (κ1) is 40.0. The number of rotatable bonds is 13. The second-order valence-corrected chi connectivity index (χ2v) is 14.6. The Hall–Kier alpha value is -3.75. The summed E-state index contributed by atoms with van der Waals surface area (Å²) in [6.45, 7) is 8.01. The second-order valence-electron chi connectivity index (χ2n) is 14.6. The van der Waals surface area contributed by atoms with Crippen molar-refractivity contribution < 1.29 is 35.1 Å². The lowest BCUT2D eigenvalue weighted by Crippen LogP contribution is -2.61. The van der Waals surface area contributed by atoms with E-state index in [1.807, 2.05) is 93.7 Å². The number of carbonyl (C=O) groups is 2. The van der Waals surface area contributed by atoms with Crippen LogP contribution in [0.15, 0.2) is 79.1 Å². The van der Waals surface area contributed by atoms with E-state index in [2.05, 4.69) is 25.4 Å². The summed E-state index contributed by atoms with van der Waals surface area (Å²) in [5.41, 5.74) is 3.68. The van der Waals surface area contributed by atoms with Gasteiger partial charge < -0.3 is 36.2 Å². The summed E-state index contributed by atoms with van der Waals surface area (Å²) < 4.78 is 0. The topological polar surface area (TPSA) is 179 Å². The van der Waals surface area contributed by atoms with Crippen molar-refractivity contribution in [3.8, 4) is 0 Å². The highest BCUT2D eigenvalue weighted by atomic mass is 16.3. The molecule has 0 radical (unpaired) electrons. The summed E-state index contributed by atoms with van der Waals surface area (Å²) in [6.07, 6.45) is 2.31. The number of hydrogen-bond donors (Lipinski definition) is 7. The fraction of sp³-hybridized carbons (Fsp3) is 0.513.